The van der Waals surface area contributed by atoms with Crippen LogP contribution in [0.5, 0.6) is 0 Å². The number of aromatic nitrogens is 2. The maximum absolute atomic E-state index is 12.3. The number of aryl methyl sites for hydroxylation is 1. The van der Waals surface area contributed by atoms with Crippen molar-refractivity contribution in [3.8, 4) is 0 Å². The van der Waals surface area contributed by atoms with Gasteiger partial charge < -0.3 is 9.42 Å². The largest absolute Gasteiger partial charge is 0.339 e. The van der Waals surface area contributed by atoms with Gasteiger partial charge in [0.15, 0.2) is 5.82 Å². The van der Waals surface area contributed by atoms with E-state index in [1.165, 1.54) is 12.8 Å². The Morgan fingerprint density at radius 1 is 1.19 bits per heavy atom. The van der Waals surface area contributed by atoms with Gasteiger partial charge in [0.1, 0.15) is 0 Å². The Kier molecular flexibility index (Phi) is 2.80. The molecule has 0 bridgehead atoms. The van der Waals surface area contributed by atoms with Gasteiger partial charge in [0.05, 0.1) is 5.92 Å². The third-order valence-corrected chi connectivity index (χ3v) is 4.22. The predicted molar refractivity (Wildman–Crippen MR) is 76.1 cm³/mol. The van der Waals surface area contributed by atoms with Crippen molar-refractivity contribution in [3.05, 3.63) is 47.1 Å². The highest BCUT2D eigenvalue weighted by Crippen LogP contribution is 2.39. The maximum Gasteiger partial charge on any atom is 0.253 e. The molecule has 5 nitrogen and oxygen atoms in total. The molecule has 2 fully saturated rings. The molecule has 4 rings (SSSR count). The molecule has 2 heterocycles. The van der Waals surface area contributed by atoms with Crippen molar-refractivity contribution in [2.45, 2.75) is 31.6 Å². The summed E-state index contributed by atoms with van der Waals surface area (Å²) in [5.74, 6) is 2.30. The lowest BCUT2D eigenvalue weighted by atomic mass is 9.98. The molecule has 0 atom stereocenters. The molecule has 1 aromatic heterocycles. The summed E-state index contributed by atoms with van der Waals surface area (Å²) >= 11 is 0. The molecule has 0 radical (unpaired) electrons. The summed E-state index contributed by atoms with van der Waals surface area (Å²) in [5, 5.41) is 4.03. The molecular weight excluding hydrogens is 266 g/mol. The van der Waals surface area contributed by atoms with Crippen molar-refractivity contribution >= 4 is 5.91 Å². The predicted octanol–water partition coefficient (Wildman–Crippen LogP) is 2.50. The number of rotatable bonds is 3. The second kappa shape index (κ2) is 4.69. The summed E-state index contributed by atoms with van der Waals surface area (Å²) in [4.78, 5) is 18.6. The van der Waals surface area contributed by atoms with Gasteiger partial charge >= 0.3 is 0 Å². The summed E-state index contributed by atoms with van der Waals surface area (Å²) in [5.41, 5.74) is 1.90. The molecular formula is C16H17N3O2. The van der Waals surface area contributed by atoms with Gasteiger partial charge in [-0.15, -0.1) is 0 Å². The Morgan fingerprint density at radius 3 is 2.57 bits per heavy atom. The molecule has 108 valence electrons. The molecule has 0 N–H and O–H groups in total. The van der Waals surface area contributed by atoms with Crippen molar-refractivity contribution < 1.29 is 9.32 Å². The smallest absolute Gasteiger partial charge is 0.253 e. The van der Waals surface area contributed by atoms with E-state index in [9.17, 15) is 4.79 Å². The van der Waals surface area contributed by atoms with Gasteiger partial charge in [0.25, 0.3) is 5.91 Å². The Bertz CT molecular complexity index is 667. The second-order valence-corrected chi connectivity index (χ2v) is 6.04. The van der Waals surface area contributed by atoms with Crippen LogP contribution in [0.2, 0.25) is 0 Å². The lowest BCUT2D eigenvalue weighted by molar-refractivity contribution is 0.0569. The lowest BCUT2D eigenvalue weighted by Crippen LogP contribution is -2.48. The number of amides is 1. The zero-order valence-corrected chi connectivity index (χ0v) is 12.0. The zero-order valence-electron chi connectivity index (χ0n) is 12.0. The third kappa shape index (κ3) is 2.33. The number of carbonyl (C=O) groups is 1. The average Bonchev–Trinajstić information content (AvgIpc) is 3.18. The Hall–Kier alpha value is -2.17. The molecule has 21 heavy (non-hydrogen) atoms. The fourth-order valence-corrected chi connectivity index (χ4v) is 2.60. The van der Waals surface area contributed by atoms with Gasteiger partial charge in [-0.2, -0.15) is 4.98 Å². The van der Waals surface area contributed by atoms with Gasteiger partial charge in [-0.25, -0.2) is 0 Å². The van der Waals surface area contributed by atoms with E-state index in [1.54, 1.807) is 0 Å². The minimum Gasteiger partial charge on any atom is -0.339 e. The first-order valence-electron chi connectivity index (χ1n) is 7.40. The third-order valence-electron chi connectivity index (χ3n) is 4.22. The Morgan fingerprint density at radius 2 is 1.90 bits per heavy atom. The van der Waals surface area contributed by atoms with Crippen LogP contribution in [0.15, 0.2) is 28.8 Å². The summed E-state index contributed by atoms with van der Waals surface area (Å²) in [7, 11) is 0. The molecule has 2 aliphatic rings. The molecule has 0 spiro atoms. The quantitative estimate of drug-likeness (QED) is 0.868. The second-order valence-electron chi connectivity index (χ2n) is 6.04. The number of likely N-dealkylation sites (tertiary alicyclic amines) is 1. The lowest BCUT2D eigenvalue weighted by Gasteiger charge is -2.37. The first-order valence-corrected chi connectivity index (χ1v) is 7.40. The zero-order chi connectivity index (χ0) is 14.4. The van der Waals surface area contributed by atoms with Crippen molar-refractivity contribution in [1.29, 1.82) is 0 Å². The van der Waals surface area contributed by atoms with Crippen LogP contribution >= 0.6 is 0 Å². The number of nitrogens with zero attached hydrogens (tertiary/aromatic N) is 3. The van der Waals surface area contributed by atoms with Gasteiger partial charge in [0, 0.05) is 24.6 Å². The van der Waals surface area contributed by atoms with Gasteiger partial charge in [0.2, 0.25) is 5.89 Å². The first-order chi connectivity index (χ1) is 10.2. The van der Waals surface area contributed by atoms with E-state index in [1.807, 2.05) is 36.1 Å². The fourth-order valence-electron chi connectivity index (χ4n) is 2.60. The molecule has 2 aromatic rings. The highest BCUT2D eigenvalue weighted by Gasteiger charge is 2.37. The monoisotopic (exact) mass is 283 g/mol. The van der Waals surface area contributed by atoms with Gasteiger partial charge in [-0.3, -0.25) is 4.79 Å². The minimum atomic E-state index is 0.0770. The highest BCUT2D eigenvalue weighted by atomic mass is 16.5. The van der Waals surface area contributed by atoms with Crippen molar-refractivity contribution in [2.75, 3.05) is 13.1 Å². The molecule has 1 aliphatic heterocycles. The molecule has 0 unspecified atom stereocenters. The van der Waals surface area contributed by atoms with Crippen molar-refractivity contribution in [2.24, 2.45) is 0 Å². The Labute approximate surface area is 123 Å². The van der Waals surface area contributed by atoms with Crippen LogP contribution in [0.4, 0.5) is 0 Å². The topological polar surface area (TPSA) is 59.2 Å². The van der Waals surface area contributed by atoms with Gasteiger partial charge in [-0.1, -0.05) is 22.9 Å². The molecule has 1 saturated heterocycles. The molecule has 1 amide bonds. The van der Waals surface area contributed by atoms with Crippen LogP contribution in [-0.4, -0.2) is 34.0 Å². The number of carbonyl (C=O) groups excluding carboxylic acids is 1. The van der Waals surface area contributed by atoms with Crippen LogP contribution in [0.3, 0.4) is 0 Å². The molecule has 1 aromatic carbocycles. The first kappa shape index (κ1) is 12.6. The number of hydrogen-bond acceptors (Lipinski definition) is 4. The molecule has 5 heteroatoms. The number of benzene rings is 1. The van der Waals surface area contributed by atoms with E-state index in [0.717, 1.165) is 17.0 Å². The SMILES string of the molecule is Cc1ccc(C(=O)N2CC(c3nc(C4CC4)no3)C2)cc1. The van der Waals surface area contributed by atoms with Crippen LogP contribution in [0, 0.1) is 6.92 Å². The Balaban J connectivity index is 1.39. The van der Waals surface area contributed by atoms with E-state index in [2.05, 4.69) is 10.1 Å². The van der Waals surface area contributed by atoms with Crippen molar-refractivity contribution in [1.82, 2.24) is 15.0 Å². The summed E-state index contributed by atoms with van der Waals surface area (Å²) in [6, 6.07) is 7.68. The summed E-state index contributed by atoms with van der Waals surface area (Å²) in [6.07, 6.45) is 2.34. The molecule has 1 saturated carbocycles. The fraction of sp³-hybridized carbons (Fsp3) is 0.438. The van der Waals surface area contributed by atoms with E-state index >= 15 is 0 Å². The van der Waals surface area contributed by atoms with Gasteiger partial charge in [-0.05, 0) is 31.9 Å². The van der Waals surface area contributed by atoms with E-state index in [-0.39, 0.29) is 11.8 Å². The minimum absolute atomic E-state index is 0.0770. The standard InChI is InChI=1S/C16H17N3O2/c1-10-2-4-12(5-3-10)16(20)19-8-13(9-19)15-17-14(18-21-15)11-6-7-11/h2-5,11,13H,6-9H2,1H3. The summed E-state index contributed by atoms with van der Waals surface area (Å²) in [6.45, 7) is 3.35. The summed E-state index contributed by atoms with van der Waals surface area (Å²) < 4.78 is 5.32. The average molecular weight is 283 g/mol. The van der Waals surface area contributed by atoms with Crippen LogP contribution in [0.25, 0.3) is 0 Å². The van der Waals surface area contributed by atoms with Crippen molar-refractivity contribution in [3.63, 3.8) is 0 Å². The highest BCUT2D eigenvalue weighted by molar-refractivity contribution is 5.94. The van der Waals surface area contributed by atoms with Crippen LogP contribution in [-0.2, 0) is 0 Å². The van der Waals surface area contributed by atoms with Crippen LogP contribution < -0.4 is 0 Å². The van der Waals surface area contributed by atoms with Crippen LogP contribution in [0.1, 0.15) is 52.3 Å². The van der Waals surface area contributed by atoms with E-state index in [0.29, 0.717) is 24.9 Å². The number of hydrogen-bond donors (Lipinski definition) is 0. The normalized spacial score (nSPS) is 18.6. The maximum atomic E-state index is 12.3. The van der Waals surface area contributed by atoms with E-state index in [4.69, 9.17) is 4.52 Å². The van der Waals surface area contributed by atoms with E-state index < -0.39 is 0 Å². The molecule has 1 aliphatic carbocycles.